The average Bonchev–Trinajstić information content (AvgIpc) is 3.29. The summed E-state index contributed by atoms with van der Waals surface area (Å²) in [6.45, 7) is 1.38. The van der Waals surface area contributed by atoms with Crippen LogP contribution in [-0.4, -0.2) is 23.7 Å². The normalized spacial score (nSPS) is 18.6. The van der Waals surface area contributed by atoms with Gasteiger partial charge in [-0.25, -0.2) is 0 Å². The van der Waals surface area contributed by atoms with Gasteiger partial charge in [-0.1, -0.05) is 47.1 Å². The van der Waals surface area contributed by atoms with Gasteiger partial charge >= 0.3 is 6.18 Å². The Hall–Kier alpha value is -2.84. The number of aromatic nitrogens is 1. The van der Waals surface area contributed by atoms with Gasteiger partial charge in [0.05, 0.1) is 22.7 Å². The topological polar surface area (TPSA) is 67.2 Å². The van der Waals surface area contributed by atoms with Crippen LogP contribution in [0.4, 0.5) is 13.2 Å². The summed E-state index contributed by atoms with van der Waals surface area (Å²) in [5.74, 6) is 0.636. The molecule has 2 N–H and O–H groups in total. The number of rotatable bonds is 7. The van der Waals surface area contributed by atoms with Gasteiger partial charge in [0.15, 0.2) is 5.76 Å². The molecule has 3 aromatic rings. The number of hydrogen-bond donors (Lipinski definition) is 2. The monoisotopic (exact) mass is 491 g/mol. The summed E-state index contributed by atoms with van der Waals surface area (Å²) in [5, 5.41) is 10.4. The number of nitrogens with one attached hydrogen (secondary N) is 2. The van der Waals surface area contributed by atoms with E-state index in [2.05, 4.69) is 15.8 Å². The van der Waals surface area contributed by atoms with E-state index in [0.29, 0.717) is 12.5 Å². The van der Waals surface area contributed by atoms with Crippen LogP contribution in [0.25, 0.3) is 11.3 Å². The molecule has 1 aromatic heterocycles. The van der Waals surface area contributed by atoms with Crippen molar-refractivity contribution in [3.8, 4) is 11.3 Å². The van der Waals surface area contributed by atoms with Crippen LogP contribution < -0.4 is 10.6 Å². The molecule has 5 nitrogen and oxygen atoms in total. The molecule has 1 fully saturated rings. The Labute approximate surface area is 200 Å². The van der Waals surface area contributed by atoms with Crippen LogP contribution in [0.15, 0.2) is 59.1 Å². The van der Waals surface area contributed by atoms with E-state index in [-0.39, 0.29) is 16.6 Å². The third-order valence-corrected chi connectivity index (χ3v) is 6.41. The quantitative estimate of drug-likeness (QED) is 0.419. The van der Waals surface area contributed by atoms with Crippen LogP contribution in [0.5, 0.6) is 0 Å². The van der Waals surface area contributed by atoms with Crippen molar-refractivity contribution in [2.75, 3.05) is 6.54 Å². The van der Waals surface area contributed by atoms with E-state index in [1.54, 1.807) is 0 Å². The second-order valence-corrected chi connectivity index (χ2v) is 8.97. The Morgan fingerprint density at radius 1 is 1.06 bits per heavy atom. The van der Waals surface area contributed by atoms with E-state index < -0.39 is 17.6 Å². The van der Waals surface area contributed by atoms with Gasteiger partial charge in [0.1, 0.15) is 5.69 Å². The fourth-order valence-electron chi connectivity index (χ4n) is 4.19. The molecule has 1 heterocycles. The highest BCUT2D eigenvalue weighted by atomic mass is 35.5. The van der Waals surface area contributed by atoms with Crippen molar-refractivity contribution in [1.82, 2.24) is 15.8 Å². The van der Waals surface area contributed by atoms with Gasteiger partial charge < -0.3 is 15.2 Å². The maximum Gasteiger partial charge on any atom is 0.416 e. The largest absolute Gasteiger partial charge is 0.416 e. The summed E-state index contributed by atoms with van der Waals surface area (Å²) < 4.78 is 44.3. The highest BCUT2D eigenvalue weighted by Crippen LogP contribution is 2.32. The molecule has 180 valence electrons. The number of carbonyl (C=O) groups is 1. The maximum absolute atomic E-state index is 13.0. The van der Waals surface area contributed by atoms with Crippen molar-refractivity contribution in [2.24, 2.45) is 5.92 Å². The molecule has 2 aromatic carbocycles. The van der Waals surface area contributed by atoms with Crippen molar-refractivity contribution in [1.29, 1.82) is 0 Å². The second-order valence-electron chi connectivity index (χ2n) is 8.56. The van der Waals surface area contributed by atoms with E-state index in [9.17, 15) is 18.0 Å². The predicted octanol–water partition coefficient (Wildman–Crippen LogP) is 6.09. The SMILES string of the molecule is O=C(NC1CCC(CNCc2cc(-c3ccccc3)no2)CC1)c1cc(C(F)(F)F)ccc1Cl. The lowest BCUT2D eigenvalue weighted by Gasteiger charge is -2.29. The van der Waals surface area contributed by atoms with Crippen molar-refractivity contribution in [3.05, 3.63) is 76.5 Å². The Morgan fingerprint density at radius 3 is 2.50 bits per heavy atom. The highest BCUT2D eigenvalue weighted by molar-refractivity contribution is 6.33. The molecule has 0 radical (unpaired) electrons. The van der Waals surface area contributed by atoms with Gasteiger partial charge in [-0.15, -0.1) is 0 Å². The zero-order valence-corrected chi connectivity index (χ0v) is 19.1. The van der Waals surface area contributed by atoms with Gasteiger partial charge in [0.2, 0.25) is 0 Å². The Balaban J connectivity index is 1.21. The van der Waals surface area contributed by atoms with E-state index in [0.717, 1.165) is 67.4 Å². The molecular weight excluding hydrogens is 467 g/mol. The minimum absolute atomic E-state index is 0.00576. The first-order chi connectivity index (χ1) is 16.3. The van der Waals surface area contributed by atoms with E-state index >= 15 is 0 Å². The summed E-state index contributed by atoms with van der Waals surface area (Å²) in [5.41, 5.74) is 0.764. The molecule has 1 aliphatic carbocycles. The van der Waals surface area contributed by atoms with Crippen LogP contribution in [0, 0.1) is 5.92 Å². The van der Waals surface area contributed by atoms with Gasteiger partial charge in [-0.2, -0.15) is 13.2 Å². The van der Waals surface area contributed by atoms with Gasteiger partial charge in [0.25, 0.3) is 5.91 Å². The summed E-state index contributed by atoms with van der Waals surface area (Å²) in [4.78, 5) is 12.5. The van der Waals surface area contributed by atoms with E-state index in [1.165, 1.54) is 0 Å². The third-order valence-electron chi connectivity index (χ3n) is 6.08. The van der Waals surface area contributed by atoms with Gasteiger partial charge in [0, 0.05) is 17.7 Å². The molecule has 1 saturated carbocycles. The molecule has 0 aliphatic heterocycles. The zero-order valence-electron chi connectivity index (χ0n) is 18.4. The fraction of sp³-hybridized carbons (Fsp3) is 0.360. The molecule has 34 heavy (non-hydrogen) atoms. The minimum atomic E-state index is -4.53. The number of carbonyl (C=O) groups excluding carboxylic acids is 1. The number of alkyl halides is 3. The van der Waals surface area contributed by atoms with Crippen LogP contribution in [0.1, 0.15) is 47.4 Å². The summed E-state index contributed by atoms with van der Waals surface area (Å²) in [6, 6.07) is 14.4. The fourth-order valence-corrected chi connectivity index (χ4v) is 4.39. The molecule has 1 amide bonds. The molecule has 0 unspecified atom stereocenters. The van der Waals surface area contributed by atoms with Gasteiger partial charge in [-0.3, -0.25) is 4.79 Å². The van der Waals surface area contributed by atoms with Crippen molar-refractivity contribution in [2.45, 2.75) is 44.4 Å². The lowest BCUT2D eigenvalue weighted by molar-refractivity contribution is -0.137. The van der Waals surface area contributed by atoms with Gasteiger partial charge in [-0.05, 0) is 56.3 Å². The lowest BCUT2D eigenvalue weighted by atomic mass is 9.86. The molecule has 0 bridgehead atoms. The molecule has 1 aliphatic rings. The first-order valence-electron chi connectivity index (χ1n) is 11.2. The first kappa shape index (κ1) is 24.3. The minimum Gasteiger partial charge on any atom is -0.359 e. The second kappa shape index (κ2) is 10.6. The van der Waals surface area contributed by atoms with E-state index in [1.807, 2.05) is 36.4 Å². The number of hydrogen-bond acceptors (Lipinski definition) is 4. The zero-order chi connectivity index (χ0) is 24.1. The summed E-state index contributed by atoms with van der Waals surface area (Å²) in [7, 11) is 0. The summed E-state index contributed by atoms with van der Waals surface area (Å²) in [6.07, 6.45) is -1.20. The Morgan fingerprint density at radius 2 is 1.79 bits per heavy atom. The van der Waals surface area contributed by atoms with Crippen molar-refractivity contribution < 1.29 is 22.5 Å². The smallest absolute Gasteiger partial charge is 0.359 e. The molecule has 4 rings (SSSR count). The number of benzene rings is 2. The standard InChI is InChI=1S/C25H25ClF3N3O2/c26-22-11-8-18(25(27,28)29)12-21(22)24(33)31-19-9-6-16(7-10-19)14-30-15-20-13-23(32-34-20)17-4-2-1-3-5-17/h1-5,8,11-13,16,19,30H,6-7,9-10,14-15H2,(H,31,33). The Kier molecular flexibility index (Phi) is 7.58. The number of nitrogens with zero attached hydrogens (tertiary/aromatic N) is 1. The molecule has 0 spiro atoms. The predicted molar refractivity (Wildman–Crippen MR) is 123 cm³/mol. The number of halogens is 4. The number of amides is 1. The summed E-state index contributed by atoms with van der Waals surface area (Å²) >= 11 is 5.98. The first-order valence-corrected chi connectivity index (χ1v) is 11.6. The van der Waals surface area contributed by atoms with E-state index in [4.69, 9.17) is 16.1 Å². The lowest BCUT2D eigenvalue weighted by Crippen LogP contribution is -2.39. The third kappa shape index (κ3) is 6.18. The average molecular weight is 492 g/mol. The molecule has 0 atom stereocenters. The Bertz CT molecular complexity index is 1110. The molecular formula is C25H25ClF3N3O2. The highest BCUT2D eigenvalue weighted by Gasteiger charge is 2.32. The van der Waals surface area contributed by atoms with Crippen LogP contribution in [0.3, 0.4) is 0 Å². The van der Waals surface area contributed by atoms with Crippen LogP contribution >= 0.6 is 11.6 Å². The molecule has 9 heteroatoms. The molecule has 0 saturated heterocycles. The van der Waals surface area contributed by atoms with Crippen LogP contribution in [0.2, 0.25) is 5.02 Å². The maximum atomic E-state index is 13.0. The van der Waals surface area contributed by atoms with Crippen LogP contribution in [-0.2, 0) is 12.7 Å². The van der Waals surface area contributed by atoms with Crippen molar-refractivity contribution in [3.63, 3.8) is 0 Å². The van der Waals surface area contributed by atoms with Crippen molar-refractivity contribution >= 4 is 17.5 Å².